The molecule has 104 valence electrons. The highest BCUT2D eigenvalue weighted by Crippen LogP contribution is 2.36. The summed E-state index contributed by atoms with van der Waals surface area (Å²) < 4.78 is 0. The molecule has 0 aromatic rings. The van der Waals surface area contributed by atoms with E-state index in [0.29, 0.717) is 12.8 Å². The van der Waals surface area contributed by atoms with Gasteiger partial charge in [-0.25, -0.2) is 0 Å². The molecule has 5 nitrogen and oxygen atoms in total. The Morgan fingerprint density at radius 3 is 2.28 bits per heavy atom. The van der Waals surface area contributed by atoms with Crippen LogP contribution in [0.3, 0.4) is 0 Å². The molecule has 1 unspecified atom stereocenters. The number of carbonyl (C=O) groups is 2. The number of rotatable bonds is 5. The van der Waals surface area contributed by atoms with Crippen LogP contribution < -0.4 is 11.1 Å². The molecule has 1 atom stereocenters. The second-order valence-corrected chi connectivity index (χ2v) is 5.63. The van der Waals surface area contributed by atoms with E-state index in [-0.39, 0.29) is 18.4 Å². The van der Waals surface area contributed by atoms with Crippen LogP contribution in [-0.4, -0.2) is 29.6 Å². The Balaban J connectivity index is 2.58. The summed E-state index contributed by atoms with van der Waals surface area (Å²) in [5.74, 6) is -1.01. The van der Waals surface area contributed by atoms with Crippen molar-refractivity contribution in [2.75, 3.05) is 6.54 Å². The molecule has 0 saturated heterocycles. The Labute approximate surface area is 108 Å². The molecule has 1 fully saturated rings. The van der Waals surface area contributed by atoms with Crippen LogP contribution in [0.5, 0.6) is 0 Å². The van der Waals surface area contributed by atoms with E-state index in [1.165, 1.54) is 0 Å². The number of aliphatic carboxylic acids is 1. The molecule has 1 rings (SSSR count). The molecule has 0 radical (unpaired) electrons. The zero-order chi connectivity index (χ0) is 13.8. The SMILES string of the molecule is CC(C)C(N)C(=O)NCC1(C(=O)O)CCCCC1. The van der Waals surface area contributed by atoms with Crippen molar-refractivity contribution in [3.63, 3.8) is 0 Å². The van der Waals surface area contributed by atoms with E-state index in [9.17, 15) is 14.7 Å². The van der Waals surface area contributed by atoms with Crippen molar-refractivity contribution in [1.29, 1.82) is 0 Å². The third-order valence-corrected chi connectivity index (χ3v) is 3.89. The molecule has 1 aliphatic rings. The minimum absolute atomic E-state index is 0.0529. The summed E-state index contributed by atoms with van der Waals surface area (Å²) in [4.78, 5) is 23.2. The van der Waals surface area contributed by atoms with Crippen molar-refractivity contribution in [3.8, 4) is 0 Å². The second kappa shape index (κ2) is 6.18. The zero-order valence-electron chi connectivity index (χ0n) is 11.2. The molecule has 4 N–H and O–H groups in total. The van der Waals surface area contributed by atoms with E-state index in [4.69, 9.17) is 5.73 Å². The van der Waals surface area contributed by atoms with Gasteiger partial charge in [0, 0.05) is 6.54 Å². The number of nitrogens with two attached hydrogens (primary N) is 1. The molecule has 0 spiro atoms. The normalized spacial score (nSPS) is 20.4. The van der Waals surface area contributed by atoms with Gasteiger partial charge in [-0.1, -0.05) is 33.1 Å². The fraction of sp³-hybridized carbons (Fsp3) is 0.846. The molecule has 0 aromatic carbocycles. The molecule has 18 heavy (non-hydrogen) atoms. The smallest absolute Gasteiger partial charge is 0.311 e. The van der Waals surface area contributed by atoms with Gasteiger partial charge in [0.1, 0.15) is 0 Å². The van der Waals surface area contributed by atoms with Crippen LogP contribution in [0.4, 0.5) is 0 Å². The lowest BCUT2D eigenvalue weighted by Gasteiger charge is -2.33. The van der Waals surface area contributed by atoms with Gasteiger partial charge < -0.3 is 16.2 Å². The Morgan fingerprint density at radius 1 is 1.28 bits per heavy atom. The first-order chi connectivity index (χ1) is 8.39. The Morgan fingerprint density at radius 2 is 1.83 bits per heavy atom. The zero-order valence-corrected chi connectivity index (χ0v) is 11.2. The van der Waals surface area contributed by atoms with Crippen LogP contribution in [0.2, 0.25) is 0 Å². The van der Waals surface area contributed by atoms with E-state index in [1.807, 2.05) is 13.8 Å². The van der Waals surface area contributed by atoms with Gasteiger partial charge in [-0.05, 0) is 18.8 Å². The van der Waals surface area contributed by atoms with E-state index < -0.39 is 17.4 Å². The van der Waals surface area contributed by atoms with Crippen molar-refractivity contribution in [2.45, 2.75) is 52.0 Å². The predicted octanol–water partition coefficient (Wildman–Crippen LogP) is 1.12. The lowest BCUT2D eigenvalue weighted by molar-refractivity contribution is -0.151. The van der Waals surface area contributed by atoms with Crippen LogP contribution in [-0.2, 0) is 9.59 Å². The third-order valence-electron chi connectivity index (χ3n) is 3.89. The van der Waals surface area contributed by atoms with E-state index in [0.717, 1.165) is 19.3 Å². The first-order valence-corrected chi connectivity index (χ1v) is 6.66. The van der Waals surface area contributed by atoms with Crippen molar-refractivity contribution < 1.29 is 14.7 Å². The molecule has 0 bridgehead atoms. The first-order valence-electron chi connectivity index (χ1n) is 6.66. The molecular formula is C13H24N2O3. The van der Waals surface area contributed by atoms with E-state index >= 15 is 0 Å². The number of amides is 1. The van der Waals surface area contributed by atoms with Crippen LogP contribution in [0.1, 0.15) is 46.0 Å². The minimum atomic E-state index is -0.805. The Bertz CT molecular complexity index is 309. The monoisotopic (exact) mass is 256 g/mol. The molecule has 0 heterocycles. The molecule has 5 heteroatoms. The summed E-state index contributed by atoms with van der Waals surface area (Å²) >= 11 is 0. The summed E-state index contributed by atoms with van der Waals surface area (Å²) in [6.45, 7) is 3.94. The number of carboxylic acids is 1. The maximum Gasteiger partial charge on any atom is 0.311 e. The quantitative estimate of drug-likeness (QED) is 0.687. The Kier molecular flexibility index (Phi) is 5.14. The van der Waals surface area contributed by atoms with Crippen molar-refractivity contribution in [2.24, 2.45) is 17.1 Å². The van der Waals surface area contributed by atoms with Gasteiger partial charge in [0.15, 0.2) is 0 Å². The van der Waals surface area contributed by atoms with E-state index in [1.54, 1.807) is 0 Å². The highest BCUT2D eigenvalue weighted by Gasteiger charge is 2.40. The molecule has 1 aliphatic carbocycles. The van der Waals surface area contributed by atoms with Gasteiger partial charge in [0.25, 0.3) is 0 Å². The summed E-state index contributed by atoms with van der Waals surface area (Å²) in [6, 6.07) is -0.570. The average molecular weight is 256 g/mol. The van der Waals surface area contributed by atoms with Gasteiger partial charge in [-0.2, -0.15) is 0 Å². The summed E-state index contributed by atoms with van der Waals surface area (Å²) in [5.41, 5.74) is 4.95. The predicted molar refractivity (Wildman–Crippen MR) is 69.0 cm³/mol. The van der Waals surface area contributed by atoms with E-state index in [2.05, 4.69) is 5.32 Å². The second-order valence-electron chi connectivity index (χ2n) is 5.63. The average Bonchev–Trinajstić information content (AvgIpc) is 2.35. The number of carboxylic acid groups (broad SMARTS) is 1. The fourth-order valence-corrected chi connectivity index (χ4v) is 2.37. The lowest BCUT2D eigenvalue weighted by atomic mass is 9.74. The minimum Gasteiger partial charge on any atom is -0.481 e. The molecular weight excluding hydrogens is 232 g/mol. The van der Waals surface area contributed by atoms with Crippen LogP contribution in [0.15, 0.2) is 0 Å². The Hall–Kier alpha value is -1.10. The number of carbonyl (C=O) groups excluding carboxylic acids is 1. The summed E-state index contributed by atoms with van der Waals surface area (Å²) in [6.07, 6.45) is 4.18. The first kappa shape index (κ1) is 15.0. The van der Waals surface area contributed by atoms with Crippen LogP contribution in [0.25, 0.3) is 0 Å². The highest BCUT2D eigenvalue weighted by molar-refractivity contribution is 5.83. The molecule has 0 aromatic heterocycles. The largest absolute Gasteiger partial charge is 0.481 e. The van der Waals surface area contributed by atoms with Crippen molar-refractivity contribution in [1.82, 2.24) is 5.32 Å². The summed E-state index contributed by atoms with van der Waals surface area (Å²) in [7, 11) is 0. The topological polar surface area (TPSA) is 92.4 Å². The summed E-state index contributed by atoms with van der Waals surface area (Å²) in [5, 5.41) is 12.1. The number of hydrogen-bond donors (Lipinski definition) is 3. The van der Waals surface area contributed by atoms with Gasteiger partial charge in [0.05, 0.1) is 11.5 Å². The standard InChI is InChI=1S/C13H24N2O3/c1-9(2)10(14)11(16)15-8-13(12(17)18)6-4-3-5-7-13/h9-10H,3-8,14H2,1-2H3,(H,15,16)(H,17,18). The number of nitrogens with one attached hydrogen (secondary N) is 1. The van der Waals surface area contributed by atoms with Gasteiger partial charge in [-0.3, -0.25) is 9.59 Å². The van der Waals surface area contributed by atoms with Gasteiger partial charge in [0.2, 0.25) is 5.91 Å². The number of hydrogen-bond acceptors (Lipinski definition) is 3. The van der Waals surface area contributed by atoms with Crippen molar-refractivity contribution in [3.05, 3.63) is 0 Å². The van der Waals surface area contributed by atoms with Gasteiger partial charge in [-0.15, -0.1) is 0 Å². The van der Waals surface area contributed by atoms with Crippen LogP contribution in [0, 0.1) is 11.3 Å². The molecule has 1 saturated carbocycles. The van der Waals surface area contributed by atoms with Crippen molar-refractivity contribution >= 4 is 11.9 Å². The molecule has 0 aliphatic heterocycles. The third kappa shape index (κ3) is 3.45. The van der Waals surface area contributed by atoms with Gasteiger partial charge >= 0.3 is 5.97 Å². The molecule has 1 amide bonds. The highest BCUT2D eigenvalue weighted by atomic mass is 16.4. The fourth-order valence-electron chi connectivity index (χ4n) is 2.37. The lowest BCUT2D eigenvalue weighted by Crippen LogP contribution is -2.50. The van der Waals surface area contributed by atoms with Crippen LogP contribution >= 0.6 is 0 Å². The maximum absolute atomic E-state index is 11.8. The maximum atomic E-state index is 11.8.